The maximum atomic E-state index is 14.9. The largest absolute Gasteiger partial charge is 0.371 e. The lowest BCUT2D eigenvalue weighted by Crippen LogP contribution is -2.52. The summed E-state index contributed by atoms with van der Waals surface area (Å²) in [6, 6.07) is 16.6. The first-order chi connectivity index (χ1) is 24.1. The topological polar surface area (TPSA) is 95.0 Å². The number of carbonyl (C=O) groups excluding carboxylic acids is 3. The number of fused-ring (bicyclic) bond motifs is 3. The summed E-state index contributed by atoms with van der Waals surface area (Å²) in [5, 5.41) is 3.27. The Morgan fingerprint density at radius 3 is 2.42 bits per heavy atom. The van der Waals surface area contributed by atoms with Gasteiger partial charge in [0, 0.05) is 73.1 Å². The molecule has 2 saturated heterocycles. The molecule has 0 aliphatic carbocycles. The molecule has 11 heteroatoms. The second kappa shape index (κ2) is 12.4. The number of hydrogen-bond donors (Lipinski definition) is 1. The maximum Gasteiger partial charge on any atom is 0.264 e. The molecule has 4 aromatic rings. The second-order valence-electron chi connectivity index (χ2n) is 14.1. The Hall–Kier alpha value is -5.06. The molecule has 0 saturated carbocycles. The third-order valence-electron chi connectivity index (χ3n) is 11.2. The number of carbonyl (C=O) groups is 3. The first kappa shape index (κ1) is 32.2. The molecule has 1 N–H and O–H groups in total. The van der Waals surface area contributed by atoms with E-state index in [1.54, 1.807) is 29.5 Å². The first-order valence-electron chi connectivity index (χ1n) is 17.4. The maximum absolute atomic E-state index is 14.9. The van der Waals surface area contributed by atoms with Crippen LogP contribution in [0.15, 0.2) is 59.4 Å². The molecule has 3 aromatic carbocycles. The van der Waals surface area contributed by atoms with Crippen LogP contribution in [0.25, 0.3) is 10.9 Å². The molecule has 50 heavy (non-hydrogen) atoms. The van der Waals surface area contributed by atoms with E-state index in [4.69, 9.17) is 0 Å². The van der Waals surface area contributed by atoms with E-state index >= 15 is 0 Å². The average Bonchev–Trinajstić information content (AvgIpc) is 3.44. The Balaban J connectivity index is 1.03. The molecule has 1 unspecified atom stereocenters. The number of pyridine rings is 1. The fourth-order valence-electron chi connectivity index (χ4n) is 8.54. The van der Waals surface area contributed by atoms with Crippen molar-refractivity contribution in [3.05, 3.63) is 98.3 Å². The van der Waals surface area contributed by atoms with Crippen LogP contribution in [0, 0.1) is 6.92 Å². The predicted octanol–water partition coefficient (Wildman–Crippen LogP) is 6.01. The summed E-state index contributed by atoms with van der Waals surface area (Å²) in [5.74, 6) is -0.958. The molecule has 0 spiro atoms. The lowest BCUT2D eigenvalue weighted by Gasteiger charge is -2.37. The first-order valence-corrected chi connectivity index (χ1v) is 17.4. The Kier molecular flexibility index (Phi) is 7.95. The van der Waals surface area contributed by atoms with Crippen molar-refractivity contribution in [2.45, 2.75) is 70.4 Å². The summed E-state index contributed by atoms with van der Waals surface area (Å²) in [4.78, 5) is 55.8. The Morgan fingerprint density at radius 2 is 1.66 bits per heavy atom. The predicted molar refractivity (Wildman–Crippen MR) is 187 cm³/mol. The van der Waals surface area contributed by atoms with Gasteiger partial charge in [-0.15, -0.1) is 0 Å². The number of rotatable bonds is 5. The Morgan fingerprint density at radius 1 is 0.860 bits per heavy atom. The van der Waals surface area contributed by atoms with Crippen LogP contribution in [-0.2, 0) is 29.6 Å². The summed E-state index contributed by atoms with van der Waals surface area (Å²) in [6.07, 6.45) is 1.05. The van der Waals surface area contributed by atoms with Gasteiger partial charge < -0.3 is 19.3 Å². The minimum Gasteiger partial charge on any atom is -0.371 e. The molecule has 9 nitrogen and oxygen atoms in total. The molecule has 1 atom stereocenters. The highest BCUT2D eigenvalue weighted by molar-refractivity contribution is 6.05. The number of benzene rings is 3. The Labute approximate surface area is 288 Å². The fraction of sp³-hybridized carbons (Fsp3) is 0.385. The van der Waals surface area contributed by atoms with Gasteiger partial charge in [0.05, 0.1) is 11.2 Å². The lowest BCUT2D eigenvalue weighted by atomic mass is 9.83. The van der Waals surface area contributed by atoms with Crippen LogP contribution in [0.5, 0.6) is 0 Å². The van der Waals surface area contributed by atoms with Gasteiger partial charge in [0.2, 0.25) is 11.8 Å². The van der Waals surface area contributed by atoms with Gasteiger partial charge in [-0.1, -0.05) is 12.1 Å². The standard InChI is InChI=1S/C39H39F2N5O4/c1-22-17-30-31(43(2)38(22)49)6-3-7-32(30)45-14-4-5-24-19-28(29(36(40)41)20-34(24)45)23-12-15-44(16-13-23)26-8-9-27-25(18-26)21-46(39(27)50)33-10-11-35(47)42-37(33)48/h3,6-9,17-20,23,33,36H,4-5,10-16,21H2,1-2H3,(H,42,47,48). The molecular formula is C39H39F2N5O4. The van der Waals surface area contributed by atoms with Crippen molar-refractivity contribution in [3.8, 4) is 0 Å². The van der Waals surface area contributed by atoms with E-state index in [1.165, 1.54) is 0 Å². The number of halogens is 2. The van der Waals surface area contributed by atoms with Gasteiger partial charge in [-0.25, -0.2) is 8.78 Å². The third kappa shape index (κ3) is 5.34. The van der Waals surface area contributed by atoms with Crippen molar-refractivity contribution in [1.29, 1.82) is 0 Å². The van der Waals surface area contributed by atoms with Crippen molar-refractivity contribution in [3.63, 3.8) is 0 Å². The highest BCUT2D eigenvalue weighted by atomic mass is 19.3. The van der Waals surface area contributed by atoms with E-state index < -0.39 is 18.4 Å². The molecule has 0 radical (unpaired) electrons. The van der Waals surface area contributed by atoms with E-state index in [0.717, 1.165) is 70.3 Å². The van der Waals surface area contributed by atoms with E-state index in [-0.39, 0.29) is 35.3 Å². The van der Waals surface area contributed by atoms with E-state index in [0.29, 0.717) is 43.7 Å². The van der Waals surface area contributed by atoms with Crippen molar-refractivity contribution < 1.29 is 23.2 Å². The molecular weight excluding hydrogens is 640 g/mol. The summed E-state index contributed by atoms with van der Waals surface area (Å²) in [5.41, 5.74) is 7.41. The van der Waals surface area contributed by atoms with Crippen LogP contribution in [0.4, 0.5) is 25.8 Å². The number of piperidine rings is 2. The minimum absolute atomic E-state index is 0.00956. The van der Waals surface area contributed by atoms with Crippen LogP contribution >= 0.6 is 0 Å². The van der Waals surface area contributed by atoms with E-state index in [1.807, 2.05) is 48.5 Å². The van der Waals surface area contributed by atoms with Crippen molar-refractivity contribution in [1.82, 2.24) is 14.8 Å². The van der Waals surface area contributed by atoms with E-state index in [9.17, 15) is 28.0 Å². The molecule has 2 fully saturated rings. The van der Waals surface area contributed by atoms with Gasteiger partial charge in [0.1, 0.15) is 6.04 Å². The van der Waals surface area contributed by atoms with Crippen LogP contribution in [0.2, 0.25) is 0 Å². The molecule has 258 valence electrons. The number of nitrogens with zero attached hydrogens (tertiary/aromatic N) is 4. The zero-order chi connectivity index (χ0) is 34.8. The zero-order valence-electron chi connectivity index (χ0n) is 28.2. The molecule has 3 amide bonds. The van der Waals surface area contributed by atoms with Crippen molar-refractivity contribution in [2.75, 3.05) is 29.4 Å². The summed E-state index contributed by atoms with van der Waals surface area (Å²) >= 11 is 0. The molecule has 4 aliphatic rings. The number of imide groups is 1. The number of aryl methyl sites for hydroxylation is 3. The number of aromatic nitrogens is 1. The third-order valence-corrected chi connectivity index (χ3v) is 11.2. The number of anilines is 3. The fourth-order valence-corrected chi connectivity index (χ4v) is 8.54. The monoisotopic (exact) mass is 679 g/mol. The Bertz CT molecular complexity index is 2140. The van der Waals surface area contributed by atoms with Crippen LogP contribution in [0.1, 0.15) is 82.6 Å². The summed E-state index contributed by atoms with van der Waals surface area (Å²) in [6.45, 7) is 4.19. The number of amides is 3. The number of alkyl halides is 2. The molecule has 8 rings (SSSR count). The van der Waals surface area contributed by atoms with Gasteiger partial charge in [-0.3, -0.25) is 24.5 Å². The van der Waals surface area contributed by atoms with Crippen LogP contribution in [-0.4, -0.2) is 52.9 Å². The van der Waals surface area contributed by atoms with Crippen molar-refractivity contribution >= 4 is 45.7 Å². The van der Waals surface area contributed by atoms with Gasteiger partial charge in [-0.2, -0.15) is 0 Å². The average molecular weight is 680 g/mol. The smallest absolute Gasteiger partial charge is 0.264 e. The zero-order valence-corrected chi connectivity index (χ0v) is 28.2. The summed E-state index contributed by atoms with van der Waals surface area (Å²) < 4.78 is 31.4. The highest BCUT2D eigenvalue weighted by Crippen LogP contribution is 2.44. The van der Waals surface area contributed by atoms with Gasteiger partial charge in [0.25, 0.3) is 17.9 Å². The van der Waals surface area contributed by atoms with Gasteiger partial charge in [0.15, 0.2) is 0 Å². The molecule has 0 bridgehead atoms. The number of nitrogens with one attached hydrogen (secondary N) is 1. The quantitative estimate of drug-likeness (QED) is 0.260. The summed E-state index contributed by atoms with van der Waals surface area (Å²) in [7, 11) is 1.76. The highest BCUT2D eigenvalue weighted by Gasteiger charge is 2.39. The van der Waals surface area contributed by atoms with Crippen LogP contribution < -0.4 is 20.7 Å². The number of hydrogen-bond acceptors (Lipinski definition) is 6. The van der Waals surface area contributed by atoms with Gasteiger partial charge in [-0.05, 0) is 104 Å². The van der Waals surface area contributed by atoms with Gasteiger partial charge >= 0.3 is 0 Å². The minimum atomic E-state index is -2.62. The van der Waals surface area contributed by atoms with E-state index in [2.05, 4.69) is 15.1 Å². The van der Waals surface area contributed by atoms with Crippen LogP contribution in [0.3, 0.4) is 0 Å². The molecule has 1 aromatic heterocycles. The normalized spacial score (nSPS) is 19.7. The van der Waals surface area contributed by atoms with Crippen molar-refractivity contribution in [2.24, 2.45) is 7.05 Å². The SMILES string of the molecule is Cc1cc2c(N3CCCc4cc(C5CCN(c6ccc7c(c6)CN(C6CCC(=O)NC6=O)C7=O)CC5)c(C(F)F)cc43)cccc2n(C)c1=O. The molecule has 4 aliphatic heterocycles. The molecule has 5 heterocycles. The second-order valence-corrected chi connectivity index (χ2v) is 14.1. The lowest BCUT2D eigenvalue weighted by molar-refractivity contribution is -0.136.